The molecular weight excluding hydrogens is 506 g/mol. The van der Waals surface area contributed by atoms with Gasteiger partial charge in [-0.3, -0.25) is 24.6 Å². The van der Waals surface area contributed by atoms with E-state index in [-0.39, 0.29) is 17.0 Å². The zero-order valence-electron chi connectivity index (χ0n) is 20.8. The van der Waals surface area contributed by atoms with Gasteiger partial charge in [0.25, 0.3) is 11.5 Å². The number of anilines is 1. The number of carbonyl (C=O) groups excluding carboxylic acids is 2. The van der Waals surface area contributed by atoms with Crippen LogP contribution in [0.1, 0.15) is 35.2 Å². The summed E-state index contributed by atoms with van der Waals surface area (Å²) in [5, 5.41) is 22.8. The molecule has 1 aliphatic rings. The number of aromatic nitrogens is 1. The van der Waals surface area contributed by atoms with Crippen LogP contribution in [0.15, 0.2) is 66.2 Å². The highest BCUT2D eigenvalue weighted by molar-refractivity contribution is 7.22. The van der Waals surface area contributed by atoms with Crippen LogP contribution in [0.5, 0.6) is 5.75 Å². The molecule has 9 nitrogen and oxygen atoms in total. The number of hydrogen-bond donors (Lipinski definition) is 1. The van der Waals surface area contributed by atoms with Crippen LogP contribution in [0.2, 0.25) is 0 Å². The molecule has 10 heteroatoms. The SMILES string of the molecule is CCOc1ccc(C(O)=C2C(=O)C(=O)N(c3nc4c(C)cc(C)cc4s3)[C@@H]2c2ccc([N+](=O)[O-])cc2)cc1. The molecule has 1 amide bonds. The average Bonchev–Trinajstić information content (AvgIpc) is 3.43. The lowest BCUT2D eigenvalue weighted by Gasteiger charge is -2.22. The van der Waals surface area contributed by atoms with Gasteiger partial charge < -0.3 is 9.84 Å². The topological polar surface area (TPSA) is 123 Å². The maximum atomic E-state index is 13.4. The summed E-state index contributed by atoms with van der Waals surface area (Å²) in [6.07, 6.45) is 0. The van der Waals surface area contributed by atoms with Gasteiger partial charge in [-0.1, -0.05) is 17.4 Å². The summed E-state index contributed by atoms with van der Waals surface area (Å²) in [5.74, 6) is -1.47. The molecular formula is C28H23N3O6S. The molecule has 3 aromatic carbocycles. The largest absolute Gasteiger partial charge is 0.507 e. The van der Waals surface area contributed by atoms with E-state index in [0.29, 0.717) is 34.1 Å². The molecule has 0 unspecified atom stereocenters. The van der Waals surface area contributed by atoms with Gasteiger partial charge in [-0.05, 0) is 79.9 Å². The molecule has 192 valence electrons. The highest BCUT2D eigenvalue weighted by Gasteiger charge is 2.48. The Bertz CT molecular complexity index is 1620. The molecule has 1 fully saturated rings. The maximum absolute atomic E-state index is 13.4. The fourth-order valence-electron chi connectivity index (χ4n) is 4.62. The number of aliphatic hydroxyl groups is 1. The second-order valence-electron chi connectivity index (χ2n) is 8.90. The lowest BCUT2D eigenvalue weighted by molar-refractivity contribution is -0.384. The lowest BCUT2D eigenvalue weighted by atomic mass is 9.95. The van der Waals surface area contributed by atoms with Gasteiger partial charge in [0.05, 0.1) is 33.4 Å². The number of amides is 1. The van der Waals surface area contributed by atoms with Gasteiger partial charge in [-0.15, -0.1) is 0 Å². The van der Waals surface area contributed by atoms with Gasteiger partial charge in [0.15, 0.2) is 5.13 Å². The van der Waals surface area contributed by atoms with Crippen LogP contribution in [-0.4, -0.2) is 33.3 Å². The maximum Gasteiger partial charge on any atom is 0.301 e. The Morgan fingerprint density at radius 1 is 1.11 bits per heavy atom. The standard InChI is InChI=1S/C28H23N3O6S/c1-4-37-20-11-7-18(8-12-20)25(32)22-24(17-5-9-19(10-6-17)31(35)36)30(27(34)26(22)33)28-29-23-16(3)13-15(2)14-21(23)38-28/h5-14,24,32H,4H2,1-3H3/t24-/m1/s1. The van der Waals surface area contributed by atoms with E-state index in [4.69, 9.17) is 4.74 Å². The zero-order chi connectivity index (χ0) is 27.1. The van der Waals surface area contributed by atoms with Crippen molar-refractivity contribution < 1.29 is 24.4 Å². The minimum atomic E-state index is -1.04. The van der Waals surface area contributed by atoms with Crippen molar-refractivity contribution in [3.8, 4) is 5.75 Å². The van der Waals surface area contributed by atoms with Gasteiger partial charge in [0.1, 0.15) is 11.5 Å². The Kier molecular flexibility index (Phi) is 6.41. The van der Waals surface area contributed by atoms with Crippen molar-refractivity contribution in [2.24, 2.45) is 0 Å². The van der Waals surface area contributed by atoms with Crippen molar-refractivity contribution in [2.45, 2.75) is 26.8 Å². The Balaban J connectivity index is 1.70. The van der Waals surface area contributed by atoms with Crippen molar-refractivity contribution in [2.75, 3.05) is 11.5 Å². The summed E-state index contributed by atoms with van der Waals surface area (Å²) in [4.78, 5) is 43.5. The fraction of sp³-hybridized carbons (Fsp3) is 0.179. The third-order valence-corrected chi connectivity index (χ3v) is 7.33. The van der Waals surface area contributed by atoms with Crippen molar-refractivity contribution >= 4 is 49.8 Å². The molecule has 1 saturated heterocycles. The van der Waals surface area contributed by atoms with Crippen LogP contribution in [-0.2, 0) is 9.59 Å². The van der Waals surface area contributed by atoms with E-state index in [2.05, 4.69) is 4.98 Å². The summed E-state index contributed by atoms with van der Waals surface area (Å²) in [5.41, 5.74) is 3.17. The highest BCUT2D eigenvalue weighted by Crippen LogP contribution is 2.45. The highest BCUT2D eigenvalue weighted by atomic mass is 32.1. The number of aliphatic hydroxyl groups excluding tert-OH is 1. The number of ketones is 1. The first-order valence-corrected chi connectivity index (χ1v) is 12.7. The normalized spacial score (nSPS) is 16.8. The molecule has 0 aliphatic carbocycles. The number of fused-ring (bicyclic) bond motifs is 1. The summed E-state index contributed by atoms with van der Waals surface area (Å²) in [6.45, 7) is 6.21. The molecule has 0 spiro atoms. The van der Waals surface area contributed by atoms with Crippen LogP contribution in [0.25, 0.3) is 16.0 Å². The molecule has 4 aromatic rings. The number of nitro benzene ring substituents is 1. The Hall–Kier alpha value is -4.57. The lowest BCUT2D eigenvalue weighted by Crippen LogP contribution is -2.29. The summed E-state index contributed by atoms with van der Waals surface area (Å²) >= 11 is 1.26. The van der Waals surface area contributed by atoms with Crippen LogP contribution in [0.4, 0.5) is 10.8 Å². The predicted molar refractivity (Wildman–Crippen MR) is 145 cm³/mol. The van der Waals surface area contributed by atoms with Gasteiger partial charge in [-0.2, -0.15) is 0 Å². The van der Waals surface area contributed by atoms with Crippen molar-refractivity contribution in [3.05, 3.63) is 98.6 Å². The smallest absolute Gasteiger partial charge is 0.301 e. The first-order valence-electron chi connectivity index (χ1n) is 11.9. The number of hydrogen-bond acceptors (Lipinski definition) is 8. The third kappa shape index (κ3) is 4.28. The number of benzene rings is 3. The van der Waals surface area contributed by atoms with Gasteiger partial charge in [0, 0.05) is 17.7 Å². The second kappa shape index (κ2) is 9.71. The number of Topliss-reactive ketones (excluding diaryl/α,β-unsaturated/α-hetero) is 1. The monoisotopic (exact) mass is 529 g/mol. The van der Waals surface area contributed by atoms with Crippen LogP contribution in [0.3, 0.4) is 0 Å². The predicted octanol–water partition coefficient (Wildman–Crippen LogP) is 5.85. The fourth-order valence-corrected chi connectivity index (χ4v) is 5.79. The number of aryl methyl sites for hydroxylation is 2. The first-order chi connectivity index (χ1) is 18.2. The number of ether oxygens (including phenoxy) is 1. The minimum Gasteiger partial charge on any atom is -0.507 e. The second-order valence-corrected chi connectivity index (χ2v) is 9.91. The molecule has 2 heterocycles. The Morgan fingerprint density at radius 2 is 1.79 bits per heavy atom. The molecule has 1 aliphatic heterocycles. The summed E-state index contributed by atoms with van der Waals surface area (Å²) in [7, 11) is 0. The van der Waals surface area contributed by atoms with E-state index < -0.39 is 22.7 Å². The number of thiazole rings is 1. The van der Waals surface area contributed by atoms with E-state index in [1.165, 1.54) is 40.5 Å². The van der Waals surface area contributed by atoms with E-state index in [1.807, 2.05) is 32.9 Å². The molecule has 1 atom stereocenters. The van der Waals surface area contributed by atoms with Crippen molar-refractivity contribution in [1.29, 1.82) is 0 Å². The summed E-state index contributed by atoms with van der Waals surface area (Å²) in [6, 6.07) is 15.0. The zero-order valence-corrected chi connectivity index (χ0v) is 21.6. The number of nitro groups is 1. The average molecular weight is 530 g/mol. The van der Waals surface area contributed by atoms with Gasteiger partial charge in [-0.25, -0.2) is 4.98 Å². The molecule has 0 radical (unpaired) electrons. The van der Waals surface area contributed by atoms with Crippen LogP contribution >= 0.6 is 11.3 Å². The van der Waals surface area contributed by atoms with Crippen molar-refractivity contribution in [1.82, 2.24) is 4.98 Å². The van der Waals surface area contributed by atoms with E-state index in [1.54, 1.807) is 24.3 Å². The minimum absolute atomic E-state index is 0.125. The molecule has 1 N–H and O–H groups in total. The Morgan fingerprint density at radius 3 is 2.42 bits per heavy atom. The van der Waals surface area contributed by atoms with E-state index in [9.17, 15) is 24.8 Å². The quantitative estimate of drug-likeness (QED) is 0.109. The van der Waals surface area contributed by atoms with Crippen LogP contribution in [0, 0.1) is 24.0 Å². The molecule has 1 aromatic heterocycles. The number of rotatable bonds is 6. The van der Waals surface area contributed by atoms with E-state index >= 15 is 0 Å². The summed E-state index contributed by atoms with van der Waals surface area (Å²) < 4.78 is 6.31. The molecule has 0 bridgehead atoms. The van der Waals surface area contributed by atoms with E-state index in [0.717, 1.165) is 15.8 Å². The molecule has 38 heavy (non-hydrogen) atoms. The number of carbonyl (C=O) groups is 2. The van der Waals surface area contributed by atoms with Crippen molar-refractivity contribution in [3.63, 3.8) is 0 Å². The Labute approximate surface area is 221 Å². The van der Waals surface area contributed by atoms with Gasteiger partial charge in [0.2, 0.25) is 0 Å². The van der Waals surface area contributed by atoms with Crippen LogP contribution < -0.4 is 9.64 Å². The number of nitrogens with zero attached hydrogens (tertiary/aromatic N) is 3. The molecule has 5 rings (SSSR count). The third-order valence-electron chi connectivity index (χ3n) is 6.33. The van der Waals surface area contributed by atoms with Gasteiger partial charge >= 0.3 is 5.91 Å². The number of non-ortho nitro benzene ring substituents is 1. The molecule has 0 saturated carbocycles. The first kappa shape index (κ1) is 25.1.